The fraction of sp³-hybridized carbons (Fsp3) is 0.500. The van der Waals surface area contributed by atoms with Gasteiger partial charge in [0, 0.05) is 31.1 Å². The Bertz CT molecular complexity index is 646. The summed E-state index contributed by atoms with van der Waals surface area (Å²) in [6.07, 6.45) is 8.86. The molecule has 134 valence electrons. The maximum atomic E-state index is 12.9. The first kappa shape index (κ1) is 17.6. The predicted molar refractivity (Wildman–Crippen MR) is 94.6 cm³/mol. The smallest absolute Gasteiger partial charge is 0.251 e. The summed E-state index contributed by atoms with van der Waals surface area (Å²) in [5, 5.41) is 2.98. The number of nitrogens with zero attached hydrogens (tertiary/aromatic N) is 1. The van der Waals surface area contributed by atoms with E-state index in [2.05, 4.69) is 11.4 Å². The van der Waals surface area contributed by atoms with Crippen LogP contribution < -0.4 is 5.32 Å². The molecular weight excluding hydrogens is 319 g/mol. The molecule has 1 heterocycles. The summed E-state index contributed by atoms with van der Waals surface area (Å²) in [5.41, 5.74) is 1.74. The highest BCUT2D eigenvalue weighted by molar-refractivity contribution is 5.94. The van der Waals surface area contributed by atoms with Crippen LogP contribution in [0.15, 0.2) is 35.9 Å². The maximum Gasteiger partial charge on any atom is 0.251 e. The molecular formula is C20H25FN2O2. The van der Waals surface area contributed by atoms with Crippen LogP contribution in [0.1, 0.15) is 55.3 Å². The monoisotopic (exact) mass is 344 g/mol. The lowest BCUT2D eigenvalue weighted by Crippen LogP contribution is -2.46. The Kier molecular flexibility index (Phi) is 5.84. The average molecular weight is 344 g/mol. The van der Waals surface area contributed by atoms with Gasteiger partial charge in [-0.05, 0) is 62.8 Å². The standard InChI is InChI=1S/C20H25FN2O2/c21-17-8-6-16(7-9-17)20(25)22-18-10-12-23(13-11-18)19(24)14-15-4-2-1-3-5-15/h4,6-9,18H,1-3,5,10-14H2,(H,22,25). The van der Waals surface area contributed by atoms with Gasteiger partial charge in [0.05, 0.1) is 0 Å². The van der Waals surface area contributed by atoms with Gasteiger partial charge < -0.3 is 10.2 Å². The van der Waals surface area contributed by atoms with Crippen molar-refractivity contribution < 1.29 is 14.0 Å². The van der Waals surface area contributed by atoms with Gasteiger partial charge in [0.15, 0.2) is 0 Å². The molecule has 1 aromatic rings. The number of piperidine rings is 1. The summed E-state index contributed by atoms with van der Waals surface area (Å²) in [5.74, 6) is -0.329. The van der Waals surface area contributed by atoms with Gasteiger partial charge in [0.2, 0.25) is 5.91 Å². The van der Waals surface area contributed by atoms with Crippen molar-refractivity contribution in [3.8, 4) is 0 Å². The van der Waals surface area contributed by atoms with Crippen LogP contribution in [0.3, 0.4) is 0 Å². The van der Waals surface area contributed by atoms with E-state index in [1.54, 1.807) is 0 Å². The third-order valence-corrected chi connectivity index (χ3v) is 5.05. The Labute approximate surface area is 148 Å². The number of allylic oxidation sites excluding steroid dienone is 1. The molecule has 0 saturated carbocycles. The molecule has 1 saturated heterocycles. The van der Waals surface area contributed by atoms with Crippen LogP contribution in [-0.4, -0.2) is 35.8 Å². The molecule has 1 aliphatic carbocycles. The van der Waals surface area contributed by atoms with Gasteiger partial charge in [0.25, 0.3) is 5.91 Å². The summed E-state index contributed by atoms with van der Waals surface area (Å²) >= 11 is 0. The van der Waals surface area contributed by atoms with Crippen LogP contribution >= 0.6 is 0 Å². The fourth-order valence-corrected chi connectivity index (χ4v) is 3.51. The van der Waals surface area contributed by atoms with E-state index in [0.717, 1.165) is 25.7 Å². The van der Waals surface area contributed by atoms with E-state index in [-0.39, 0.29) is 23.7 Å². The van der Waals surface area contributed by atoms with E-state index in [0.29, 0.717) is 25.1 Å². The van der Waals surface area contributed by atoms with Gasteiger partial charge in [0.1, 0.15) is 5.82 Å². The summed E-state index contributed by atoms with van der Waals surface area (Å²) < 4.78 is 12.9. The number of hydrogen-bond acceptors (Lipinski definition) is 2. The van der Waals surface area contributed by atoms with Crippen molar-refractivity contribution >= 4 is 11.8 Å². The molecule has 4 nitrogen and oxygen atoms in total. The zero-order valence-electron chi connectivity index (χ0n) is 14.5. The quantitative estimate of drug-likeness (QED) is 0.851. The number of carbonyl (C=O) groups is 2. The van der Waals surface area contributed by atoms with Crippen molar-refractivity contribution in [2.75, 3.05) is 13.1 Å². The molecule has 2 amide bonds. The normalized spacial score (nSPS) is 18.6. The highest BCUT2D eigenvalue weighted by atomic mass is 19.1. The first-order valence-corrected chi connectivity index (χ1v) is 9.14. The van der Waals surface area contributed by atoms with Crippen molar-refractivity contribution in [3.05, 3.63) is 47.3 Å². The van der Waals surface area contributed by atoms with E-state index in [4.69, 9.17) is 0 Å². The van der Waals surface area contributed by atoms with E-state index in [1.807, 2.05) is 4.90 Å². The number of halogens is 1. The summed E-state index contributed by atoms with van der Waals surface area (Å²) in [7, 11) is 0. The van der Waals surface area contributed by atoms with Gasteiger partial charge >= 0.3 is 0 Å². The first-order chi connectivity index (χ1) is 12.1. The van der Waals surface area contributed by atoms with E-state index in [1.165, 1.54) is 42.7 Å². The molecule has 0 spiro atoms. The Balaban J connectivity index is 1.45. The number of carbonyl (C=O) groups excluding carboxylic acids is 2. The number of hydrogen-bond donors (Lipinski definition) is 1. The third kappa shape index (κ3) is 4.91. The zero-order chi connectivity index (χ0) is 17.6. The van der Waals surface area contributed by atoms with Crippen molar-refractivity contribution in [1.82, 2.24) is 10.2 Å². The number of nitrogens with one attached hydrogen (secondary N) is 1. The van der Waals surface area contributed by atoms with Gasteiger partial charge in [-0.2, -0.15) is 0 Å². The fourth-order valence-electron chi connectivity index (χ4n) is 3.51. The van der Waals surface area contributed by atoms with Crippen molar-refractivity contribution in [1.29, 1.82) is 0 Å². The van der Waals surface area contributed by atoms with Crippen molar-refractivity contribution in [3.63, 3.8) is 0 Å². The molecule has 0 bridgehead atoms. The molecule has 0 atom stereocenters. The molecule has 2 aliphatic rings. The molecule has 3 rings (SSSR count). The van der Waals surface area contributed by atoms with Crippen LogP contribution in [0.2, 0.25) is 0 Å². The molecule has 1 aliphatic heterocycles. The second-order valence-corrected chi connectivity index (χ2v) is 6.92. The topological polar surface area (TPSA) is 49.4 Å². The number of likely N-dealkylation sites (tertiary alicyclic amines) is 1. The summed E-state index contributed by atoms with van der Waals surface area (Å²) in [6, 6.07) is 5.62. The second kappa shape index (κ2) is 8.28. The number of rotatable bonds is 4. The van der Waals surface area contributed by atoms with Gasteiger partial charge in [-0.3, -0.25) is 9.59 Å². The minimum atomic E-state index is -0.351. The third-order valence-electron chi connectivity index (χ3n) is 5.05. The maximum absolute atomic E-state index is 12.9. The lowest BCUT2D eigenvalue weighted by atomic mass is 9.96. The van der Waals surface area contributed by atoms with Gasteiger partial charge in [-0.15, -0.1) is 0 Å². The lowest BCUT2D eigenvalue weighted by Gasteiger charge is -2.33. The minimum Gasteiger partial charge on any atom is -0.349 e. The summed E-state index contributed by atoms with van der Waals surface area (Å²) in [6.45, 7) is 1.36. The van der Waals surface area contributed by atoms with E-state index >= 15 is 0 Å². The average Bonchev–Trinajstić information content (AvgIpc) is 2.63. The van der Waals surface area contributed by atoms with Gasteiger partial charge in [-0.25, -0.2) is 4.39 Å². The van der Waals surface area contributed by atoms with E-state index < -0.39 is 0 Å². The summed E-state index contributed by atoms with van der Waals surface area (Å²) in [4.78, 5) is 26.5. The second-order valence-electron chi connectivity index (χ2n) is 6.92. The molecule has 5 heteroatoms. The molecule has 0 unspecified atom stereocenters. The lowest BCUT2D eigenvalue weighted by molar-refractivity contribution is -0.131. The van der Waals surface area contributed by atoms with Crippen LogP contribution in [0.25, 0.3) is 0 Å². The number of amides is 2. The first-order valence-electron chi connectivity index (χ1n) is 9.14. The van der Waals surface area contributed by atoms with Gasteiger partial charge in [-0.1, -0.05) is 11.6 Å². The Morgan fingerprint density at radius 3 is 2.48 bits per heavy atom. The SMILES string of the molecule is O=C(NC1CCN(C(=O)CC2=CCCCC2)CC1)c1ccc(F)cc1. The Hall–Kier alpha value is -2.17. The molecule has 1 fully saturated rings. The van der Waals surface area contributed by atoms with Crippen LogP contribution in [-0.2, 0) is 4.79 Å². The van der Waals surface area contributed by atoms with Crippen molar-refractivity contribution in [2.24, 2.45) is 0 Å². The predicted octanol–water partition coefficient (Wildman–Crippen LogP) is 3.44. The minimum absolute atomic E-state index is 0.0653. The van der Waals surface area contributed by atoms with Crippen LogP contribution in [0, 0.1) is 5.82 Å². The van der Waals surface area contributed by atoms with Crippen molar-refractivity contribution in [2.45, 2.75) is 51.0 Å². The Morgan fingerprint density at radius 1 is 1.12 bits per heavy atom. The molecule has 1 aromatic carbocycles. The molecule has 1 N–H and O–H groups in total. The largest absolute Gasteiger partial charge is 0.349 e. The van der Waals surface area contributed by atoms with E-state index in [9.17, 15) is 14.0 Å². The highest BCUT2D eigenvalue weighted by Crippen LogP contribution is 2.22. The molecule has 25 heavy (non-hydrogen) atoms. The molecule has 0 aromatic heterocycles. The number of benzene rings is 1. The zero-order valence-corrected chi connectivity index (χ0v) is 14.5. The Morgan fingerprint density at radius 2 is 1.84 bits per heavy atom. The highest BCUT2D eigenvalue weighted by Gasteiger charge is 2.24. The van der Waals surface area contributed by atoms with Crippen LogP contribution in [0.4, 0.5) is 4.39 Å². The molecule has 0 radical (unpaired) electrons. The van der Waals surface area contributed by atoms with Crippen LogP contribution in [0.5, 0.6) is 0 Å².